The fraction of sp³-hybridized carbons (Fsp3) is 0.923. The Morgan fingerprint density at radius 1 is 1.35 bits per heavy atom. The van der Waals surface area contributed by atoms with Crippen LogP contribution in [-0.2, 0) is 9.53 Å². The second-order valence-corrected chi connectivity index (χ2v) is 5.57. The van der Waals surface area contributed by atoms with Crippen LogP contribution in [0.25, 0.3) is 0 Å². The van der Waals surface area contributed by atoms with E-state index in [2.05, 4.69) is 5.32 Å². The molecule has 1 saturated carbocycles. The van der Waals surface area contributed by atoms with Crippen molar-refractivity contribution in [1.82, 2.24) is 5.32 Å². The van der Waals surface area contributed by atoms with E-state index >= 15 is 0 Å². The molecule has 1 rings (SSSR count). The predicted molar refractivity (Wildman–Crippen MR) is 66.7 cm³/mol. The zero-order chi connectivity index (χ0) is 12.9. The summed E-state index contributed by atoms with van der Waals surface area (Å²) < 4.78 is 4.76. The summed E-state index contributed by atoms with van der Waals surface area (Å²) >= 11 is 0. The minimum atomic E-state index is -0.541. The summed E-state index contributed by atoms with van der Waals surface area (Å²) in [5.74, 6) is -0.215. The first-order chi connectivity index (χ1) is 7.97. The quantitative estimate of drug-likeness (QED) is 0.580. The van der Waals surface area contributed by atoms with Crippen LogP contribution >= 0.6 is 0 Å². The molecule has 0 saturated heterocycles. The molecule has 0 aliphatic heterocycles. The number of esters is 1. The van der Waals surface area contributed by atoms with E-state index in [1.807, 2.05) is 13.8 Å². The Morgan fingerprint density at radius 2 is 2.00 bits per heavy atom. The summed E-state index contributed by atoms with van der Waals surface area (Å²) in [5.41, 5.74) is -0.541. The summed E-state index contributed by atoms with van der Waals surface area (Å²) in [6.07, 6.45) is 4.99. The molecule has 0 radical (unpaired) electrons. The topological polar surface area (TPSA) is 58.6 Å². The molecular formula is C13H25NO3. The van der Waals surface area contributed by atoms with Crippen molar-refractivity contribution in [1.29, 1.82) is 0 Å². The molecule has 0 aromatic carbocycles. The summed E-state index contributed by atoms with van der Waals surface area (Å²) in [5, 5.41) is 13.3. The maximum Gasteiger partial charge on any atom is 0.312 e. The SMILES string of the molecule is COC(=O)C(C)(C)CNC1CCCCCC1O. The minimum absolute atomic E-state index is 0.112. The Labute approximate surface area is 104 Å². The van der Waals surface area contributed by atoms with Gasteiger partial charge in [0, 0.05) is 12.6 Å². The molecule has 1 aliphatic carbocycles. The van der Waals surface area contributed by atoms with Gasteiger partial charge < -0.3 is 15.2 Å². The summed E-state index contributed by atoms with van der Waals surface area (Å²) in [7, 11) is 1.41. The lowest BCUT2D eigenvalue weighted by molar-refractivity contribution is -0.150. The van der Waals surface area contributed by atoms with Crippen LogP contribution in [0.15, 0.2) is 0 Å². The van der Waals surface area contributed by atoms with Crippen molar-refractivity contribution >= 4 is 5.97 Å². The number of hydrogen-bond acceptors (Lipinski definition) is 4. The number of rotatable bonds is 4. The van der Waals surface area contributed by atoms with Crippen LogP contribution in [0.3, 0.4) is 0 Å². The molecule has 2 N–H and O–H groups in total. The van der Waals surface area contributed by atoms with Crippen LogP contribution in [0.5, 0.6) is 0 Å². The number of carbonyl (C=O) groups is 1. The van der Waals surface area contributed by atoms with Crippen LogP contribution in [0.1, 0.15) is 46.0 Å². The fourth-order valence-corrected chi connectivity index (χ4v) is 2.26. The highest BCUT2D eigenvalue weighted by Gasteiger charge is 2.30. The van der Waals surface area contributed by atoms with Gasteiger partial charge in [0.1, 0.15) is 0 Å². The van der Waals surface area contributed by atoms with Crippen LogP contribution < -0.4 is 5.32 Å². The molecule has 1 aliphatic rings. The monoisotopic (exact) mass is 243 g/mol. The smallest absolute Gasteiger partial charge is 0.312 e. The Balaban J connectivity index is 2.45. The van der Waals surface area contributed by atoms with Gasteiger partial charge in [-0.1, -0.05) is 19.3 Å². The third-order valence-electron chi connectivity index (χ3n) is 3.52. The van der Waals surface area contributed by atoms with Gasteiger partial charge in [-0.25, -0.2) is 0 Å². The number of nitrogens with one attached hydrogen (secondary N) is 1. The highest BCUT2D eigenvalue weighted by Crippen LogP contribution is 2.20. The van der Waals surface area contributed by atoms with Crippen LogP contribution in [0.2, 0.25) is 0 Å². The van der Waals surface area contributed by atoms with Gasteiger partial charge in [0.2, 0.25) is 0 Å². The average Bonchev–Trinajstić information content (AvgIpc) is 2.50. The van der Waals surface area contributed by atoms with E-state index in [-0.39, 0.29) is 18.1 Å². The summed E-state index contributed by atoms with van der Waals surface area (Å²) in [4.78, 5) is 11.5. The number of aliphatic hydroxyl groups is 1. The maximum atomic E-state index is 11.5. The van der Waals surface area contributed by atoms with Gasteiger partial charge in [-0.05, 0) is 26.7 Å². The second kappa shape index (κ2) is 6.36. The number of ether oxygens (including phenoxy) is 1. The first kappa shape index (κ1) is 14.5. The molecule has 0 bridgehead atoms. The molecule has 1 fully saturated rings. The van der Waals surface area contributed by atoms with Crippen LogP contribution in [0, 0.1) is 5.41 Å². The van der Waals surface area contributed by atoms with Gasteiger partial charge in [0.25, 0.3) is 0 Å². The van der Waals surface area contributed by atoms with E-state index < -0.39 is 5.41 Å². The second-order valence-electron chi connectivity index (χ2n) is 5.57. The molecule has 2 unspecified atom stereocenters. The van der Waals surface area contributed by atoms with E-state index in [0.29, 0.717) is 6.54 Å². The van der Waals surface area contributed by atoms with Crippen LogP contribution in [-0.4, -0.2) is 36.9 Å². The molecule has 0 heterocycles. The third kappa shape index (κ3) is 4.28. The average molecular weight is 243 g/mol. The first-order valence-electron chi connectivity index (χ1n) is 6.47. The van der Waals surface area contributed by atoms with E-state index in [9.17, 15) is 9.90 Å². The van der Waals surface area contributed by atoms with E-state index in [1.165, 1.54) is 13.5 Å². The molecule has 0 aromatic heterocycles. The van der Waals surface area contributed by atoms with Crippen molar-refractivity contribution in [2.24, 2.45) is 5.41 Å². The van der Waals surface area contributed by atoms with Crippen molar-refractivity contribution < 1.29 is 14.6 Å². The van der Waals surface area contributed by atoms with E-state index in [1.54, 1.807) is 0 Å². The normalized spacial score (nSPS) is 26.4. The molecular weight excluding hydrogens is 218 g/mol. The molecule has 100 valence electrons. The van der Waals surface area contributed by atoms with Crippen molar-refractivity contribution in [3.05, 3.63) is 0 Å². The van der Waals surface area contributed by atoms with Gasteiger partial charge in [0.05, 0.1) is 18.6 Å². The Bertz CT molecular complexity index is 253. The minimum Gasteiger partial charge on any atom is -0.469 e. The van der Waals surface area contributed by atoms with Gasteiger partial charge >= 0.3 is 5.97 Å². The Hall–Kier alpha value is -0.610. The number of methoxy groups -OCH3 is 1. The molecule has 2 atom stereocenters. The third-order valence-corrected chi connectivity index (χ3v) is 3.52. The predicted octanol–water partition coefficient (Wildman–Crippen LogP) is 1.47. The lowest BCUT2D eigenvalue weighted by Gasteiger charge is -2.27. The molecule has 17 heavy (non-hydrogen) atoms. The number of hydrogen-bond donors (Lipinski definition) is 2. The van der Waals surface area contributed by atoms with Gasteiger partial charge in [0.15, 0.2) is 0 Å². The molecule has 0 aromatic rings. The summed E-state index contributed by atoms with van der Waals surface area (Å²) in [6, 6.07) is 0.112. The van der Waals surface area contributed by atoms with E-state index in [0.717, 1.165) is 25.7 Å². The van der Waals surface area contributed by atoms with Crippen molar-refractivity contribution in [3.63, 3.8) is 0 Å². The van der Waals surface area contributed by atoms with Crippen molar-refractivity contribution in [2.45, 2.75) is 58.1 Å². The van der Waals surface area contributed by atoms with Gasteiger partial charge in [-0.3, -0.25) is 4.79 Å². The zero-order valence-corrected chi connectivity index (χ0v) is 11.2. The highest BCUT2D eigenvalue weighted by atomic mass is 16.5. The standard InChI is InChI=1S/C13H25NO3/c1-13(2,12(16)17-3)9-14-10-7-5-4-6-8-11(10)15/h10-11,14-15H,4-9H2,1-3H3. The Kier molecular flexibility index (Phi) is 5.40. The van der Waals surface area contributed by atoms with Gasteiger partial charge in [-0.15, -0.1) is 0 Å². The maximum absolute atomic E-state index is 11.5. The van der Waals surface area contributed by atoms with Crippen molar-refractivity contribution in [3.8, 4) is 0 Å². The largest absolute Gasteiger partial charge is 0.469 e. The number of carbonyl (C=O) groups excluding carboxylic acids is 1. The van der Waals surface area contributed by atoms with E-state index in [4.69, 9.17) is 4.74 Å². The van der Waals surface area contributed by atoms with Crippen LogP contribution in [0.4, 0.5) is 0 Å². The number of aliphatic hydroxyl groups excluding tert-OH is 1. The van der Waals surface area contributed by atoms with Gasteiger partial charge in [-0.2, -0.15) is 0 Å². The first-order valence-corrected chi connectivity index (χ1v) is 6.47. The fourth-order valence-electron chi connectivity index (χ4n) is 2.26. The van der Waals surface area contributed by atoms with Crippen molar-refractivity contribution in [2.75, 3.05) is 13.7 Å². The molecule has 0 amide bonds. The lowest BCUT2D eigenvalue weighted by Crippen LogP contribution is -2.46. The molecule has 0 spiro atoms. The highest BCUT2D eigenvalue weighted by molar-refractivity contribution is 5.76. The molecule has 4 heteroatoms. The lowest BCUT2D eigenvalue weighted by atomic mass is 9.92. The summed E-state index contributed by atoms with van der Waals surface area (Å²) in [6.45, 7) is 4.26. The zero-order valence-electron chi connectivity index (χ0n) is 11.2. The molecule has 4 nitrogen and oxygen atoms in total. The Morgan fingerprint density at radius 3 is 2.65 bits per heavy atom.